The molecule has 1 aromatic heterocycles. The molecule has 1 heterocycles. The fraction of sp³-hybridized carbons (Fsp3) is 0.429. The highest BCUT2D eigenvalue weighted by Crippen LogP contribution is 2.15. The Balaban J connectivity index is 2.12. The average Bonchev–Trinajstić information content (AvgIpc) is 2.77. The molecule has 0 bridgehead atoms. The Kier molecular flexibility index (Phi) is 3.57. The summed E-state index contributed by atoms with van der Waals surface area (Å²) < 4.78 is 6.74. The maximum absolute atomic E-state index is 11.6. The van der Waals surface area contributed by atoms with Gasteiger partial charge < -0.3 is 9.30 Å². The first kappa shape index (κ1) is 13.5. The van der Waals surface area contributed by atoms with Crippen LogP contribution in [0.3, 0.4) is 0 Å². The topological polar surface area (TPSA) is 56.1 Å². The fourth-order valence-corrected chi connectivity index (χ4v) is 1.94. The molecule has 0 fully saturated rings. The van der Waals surface area contributed by atoms with Crippen molar-refractivity contribution in [2.24, 2.45) is 7.05 Å². The first-order valence-electron chi connectivity index (χ1n) is 6.17. The van der Waals surface area contributed by atoms with E-state index in [0.29, 0.717) is 6.54 Å². The molecule has 0 aliphatic rings. The average molecular weight is 261 g/mol. The van der Waals surface area contributed by atoms with Crippen molar-refractivity contribution >= 4 is 17.0 Å². The van der Waals surface area contributed by atoms with Crippen LogP contribution in [0.5, 0.6) is 0 Å². The van der Waals surface area contributed by atoms with Gasteiger partial charge in [0.25, 0.3) is 0 Å². The van der Waals surface area contributed by atoms with Gasteiger partial charge in [0.2, 0.25) is 0 Å². The van der Waals surface area contributed by atoms with Crippen molar-refractivity contribution in [1.82, 2.24) is 14.9 Å². The highest BCUT2D eigenvalue weighted by Gasteiger charge is 2.27. The molecule has 5 heteroatoms. The summed E-state index contributed by atoms with van der Waals surface area (Å²) in [5.41, 5.74) is 2.44. The number of hydrogen-bond donors (Lipinski definition) is 1. The Morgan fingerprint density at radius 3 is 2.89 bits per heavy atom. The number of imidazole rings is 1. The lowest BCUT2D eigenvalue weighted by atomic mass is 10.1. The Hall–Kier alpha value is -1.88. The van der Waals surface area contributed by atoms with Gasteiger partial charge in [-0.3, -0.25) is 10.1 Å². The van der Waals surface area contributed by atoms with E-state index in [-0.39, 0.29) is 5.97 Å². The summed E-state index contributed by atoms with van der Waals surface area (Å²) in [7, 11) is 3.36. The Bertz CT molecular complexity index is 602. The zero-order valence-electron chi connectivity index (χ0n) is 11.7. The molecule has 5 nitrogen and oxygen atoms in total. The Morgan fingerprint density at radius 2 is 2.21 bits per heavy atom. The second-order valence-corrected chi connectivity index (χ2v) is 5.15. The summed E-state index contributed by atoms with van der Waals surface area (Å²) in [6.07, 6.45) is 1.79. The van der Waals surface area contributed by atoms with Crippen molar-refractivity contribution in [3.8, 4) is 0 Å². The van der Waals surface area contributed by atoms with E-state index >= 15 is 0 Å². The van der Waals surface area contributed by atoms with Gasteiger partial charge in [-0.25, -0.2) is 4.98 Å². The number of aryl methyl sites for hydroxylation is 1. The summed E-state index contributed by atoms with van der Waals surface area (Å²) in [5, 5.41) is 3.19. The number of fused-ring (bicyclic) bond motifs is 1. The summed E-state index contributed by atoms with van der Waals surface area (Å²) in [5.74, 6) is -0.272. The molecular formula is C14H19N3O2. The molecule has 19 heavy (non-hydrogen) atoms. The Morgan fingerprint density at radius 1 is 1.47 bits per heavy atom. The molecule has 0 saturated carbocycles. The summed E-state index contributed by atoms with van der Waals surface area (Å²) in [6, 6.07) is 6.09. The molecular weight excluding hydrogens is 242 g/mol. The number of hydrogen-bond acceptors (Lipinski definition) is 4. The smallest absolute Gasteiger partial charge is 0.325 e. The largest absolute Gasteiger partial charge is 0.468 e. The van der Waals surface area contributed by atoms with E-state index in [1.54, 1.807) is 20.2 Å². The first-order valence-corrected chi connectivity index (χ1v) is 6.17. The van der Waals surface area contributed by atoms with Gasteiger partial charge in [-0.2, -0.15) is 0 Å². The summed E-state index contributed by atoms with van der Waals surface area (Å²) in [6.45, 7) is 4.20. The molecule has 0 unspecified atom stereocenters. The molecule has 102 valence electrons. The van der Waals surface area contributed by atoms with Gasteiger partial charge in [-0.15, -0.1) is 0 Å². The van der Waals surface area contributed by atoms with Crippen LogP contribution in [0.2, 0.25) is 0 Å². The lowest BCUT2D eigenvalue weighted by Gasteiger charge is -2.23. The van der Waals surface area contributed by atoms with Crippen molar-refractivity contribution in [3.63, 3.8) is 0 Å². The number of nitrogens with one attached hydrogen (secondary N) is 1. The van der Waals surface area contributed by atoms with Crippen LogP contribution in [0.4, 0.5) is 0 Å². The molecule has 2 rings (SSSR count). The van der Waals surface area contributed by atoms with Crippen molar-refractivity contribution in [3.05, 3.63) is 30.1 Å². The van der Waals surface area contributed by atoms with Crippen molar-refractivity contribution < 1.29 is 9.53 Å². The molecule has 1 N–H and O–H groups in total. The number of methoxy groups -OCH3 is 1. The predicted molar refractivity (Wildman–Crippen MR) is 73.6 cm³/mol. The van der Waals surface area contributed by atoms with Crippen LogP contribution in [0.1, 0.15) is 19.4 Å². The molecule has 2 aromatic rings. The minimum atomic E-state index is -0.701. The zero-order valence-corrected chi connectivity index (χ0v) is 11.7. The highest BCUT2D eigenvalue weighted by atomic mass is 16.5. The SMILES string of the molecule is COC(=O)C(C)(C)NCc1ccc2c(c1)ncn2C. The van der Waals surface area contributed by atoms with Crippen LogP contribution in [0.15, 0.2) is 24.5 Å². The van der Waals surface area contributed by atoms with Crippen LogP contribution >= 0.6 is 0 Å². The monoisotopic (exact) mass is 261 g/mol. The minimum Gasteiger partial charge on any atom is -0.468 e. The number of nitrogens with zero attached hydrogens (tertiary/aromatic N) is 2. The van der Waals surface area contributed by atoms with E-state index in [4.69, 9.17) is 4.74 Å². The predicted octanol–water partition coefficient (Wildman–Crippen LogP) is 1.61. The van der Waals surface area contributed by atoms with Crippen molar-refractivity contribution in [2.75, 3.05) is 7.11 Å². The zero-order chi connectivity index (χ0) is 14.0. The number of rotatable bonds is 4. The van der Waals surface area contributed by atoms with E-state index in [2.05, 4.69) is 10.3 Å². The van der Waals surface area contributed by atoms with Gasteiger partial charge in [-0.1, -0.05) is 6.07 Å². The van der Waals surface area contributed by atoms with Gasteiger partial charge in [0, 0.05) is 13.6 Å². The highest BCUT2D eigenvalue weighted by molar-refractivity contribution is 5.79. The van der Waals surface area contributed by atoms with E-state index < -0.39 is 5.54 Å². The molecule has 1 aromatic carbocycles. The third-order valence-electron chi connectivity index (χ3n) is 3.22. The molecule has 0 aliphatic heterocycles. The molecule has 0 atom stereocenters. The number of esters is 1. The third kappa shape index (κ3) is 2.76. The summed E-state index contributed by atoms with van der Waals surface area (Å²) >= 11 is 0. The lowest BCUT2D eigenvalue weighted by molar-refractivity contribution is -0.147. The second kappa shape index (κ2) is 5.01. The van der Waals surface area contributed by atoms with E-state index in [1.807, 2.05) is 29.8 Å². The summed E-state index contributed by atoms with van der Waals surface area (Å²) in [4.78, 5) is 15.9. The minimum absolute atomic E-state index is 0.272. The van der Waals surface area contributed by atoms with E-state index in [0.717, 1.165) is 16.6 Å². The maximum Gasteiger partial charge on any atom is 0.325 e. The second-order valence-electron chi connectivity index (χ2n) is 5.15. The molecule has 0 spiro atoms. The van der Waals surface area contributed by atoms with Crippen LogP contribution in [-0.4, -0.2) is 28.2 Å². The van der Waals surface area contributed by atoms with Gasteiger partial charge >= 0.3 is 5.97 Å². The standard InChI is InChI=1S/C14H19N3O2/c1-14(2,13(18)19-4)16-8-10-5-6-12-11(7-10)15-9-17(12)3/h5-7,9,16H,8H2,1-4H3. The van der Waals surface area contributed by atoms with Crippen LogP contribution < -0.4 is 5.32 Å². The fourth-order valence-electron chi connectivity index (χ4n) is 1.94. The maximum atomic E-state index is 11.6. The van der Waals surface area contributed by atoms with Crippen molar-refractivity contribution in [1.29, 1.82) is 0 Å². The molecule has 0 aliphatic carbocycles. The lowest BCUT2D eigenvalue weighted by Crippen LogP contribution is -2.46. The van der Waals surface area contributed by atoms with Crippen LogP contribution in [0, 0.1) is 0 Å². The Labute approximate surface area is 112 Å². The van der Waals surface area contributed by atoms with Gasteiger partial charge in [0.15, 0.2) is 0 Å². The van der Waals surface area contributed by atoms with E-state index in [9.17, 15) is 4.79 Å². The molecule has 0 radical (unpaired) electrons. The van der Waals surface area contributed by atoms with Gasteiger partial charge in [-0.05, 0) is 31.5 Å². The van der Waals surface area contributed by atoms with E-state index in [1.165, 1.54) is 7.11 Å². The number of carbonyl (C=O) groups is 1. The number of aromatic nitrogens is 2. The number of ether oxygens (including phenoxy) is 1. The molecule has 0 saturated heterocycles. The van der Waals surface area contributed by atoms with Gasteiger partial charge in [0.05, 0.1) is 24.5 Å². The van der Waals surface area contributed by atoms with Crippen LogP contribution in [0.25, 0.3) is 11.0 Å². The normalized spacial score (nSPS) is 11.8. The van der Waals surface area contributed by atoms with Gasteiger partial charge in [0.1, 0.15) is 5.54 Å². The quantitative estimate of drug-likeness (QED) is 0.850. The first-order chi connectivity index (χ1) is 8.94. The van der Waals surface area contributed by atoms with Crippen LogP contribution in [-0.2, 0) is 23.1 Å². The van der Waals surface area contributed by atoms with Crippen molar-refractivity contribution in [2.45, 2.75) is 25.9 Å². The number of carbonyl (C=O) groups excluding carboxylic acids is 1. The third-order valence-corrected chi connectivity index (χ3v) is 3.22. The number of benzene rings is 1. The molecule has 0 amide bonds.